The van der Waals surface area contributed by atoms with Crippen molar-refractivity contribution in [1.29, 1.82) is 0 Å². The lowest BCUT2D eigenvalue weighted by Crippen LogP contribution is -2.66. The molecule has 1 aromatic carbocycles. The van der Waals surface area contributed by atoms with Gasteiger partial charge in [-0.1, -0.05) is 25.7 Å². The molecule has 2 aliphatic heterocycles. The average Bonchev–Trinajstić information content (AvgIpc) is 3.23. The molecule has 2 fully saturated rings. The monoisotopic (exact) mass is 480 g/mol. The number of aromatic nitrogens is 1. The summed E-state index contributed by atoms with van der Waals surface area (Å²) in [4.78, 5) is 32.2. The SMILES string of the molecule is COc1ccc2cc3n(c2c1)CC(C)(C(=O)NC1CCCCC1)N(CCN1CCCCC1C)C3=O. The number of likely N-dealkylation sites (tertiary alicyclic amines) is 1. The summed E-state index contributed by atoms with van der Waals surface area (Å²) in [6.45, 7) is 7.10. The number of hydrogen-bond acceptors (Lipinski definition) is 4. The predicted octanol–water partition coefficient (Wildman–Crippen LogP) is 4.19. The van der Waals surface area contributed by atoms with Crippen molar-refractivity contribution in [2.45, 2.75) is 89.4 Å². The molecule has 3 heterocycles. The van der Waals surface area contributed by atoms with Crippen molar-refractivity contribution < 1.29 is 14.3 Å². The third-order valence-electron chi connectivity index (χ3n) is 8.62. The third-order valence-corrected chi connectivity index (χ3v) is 8.62. The lowest BCUT2D eigenvalue weighted by Gasteiger charge is -2.46. The van der Waals surface area contributed by atoms with Crippen molar-refractivity contribution in [2.75, 3.05) is 26.7 Å². The highest BCUT2D eigenvalue weighted by atomic mass is 16.5. The normalized spacial score (nSPS) is 26.1. The molecule has 2 aromatic rings. The van der Waals surface area contributed by atoms with Gasteiger partial charge in [-0.15, -0.1) is 0 Å². The van der Waals surface area contributed by atoms with Crippen LogP contribution in [0.15, 0.2) is 24.3 Å². The van der Waals surface area contributed by atoms with Crippen LogP contribution in [0.4, 0.5) is 0 Å². The fourth-order valence-electron chi connectivity index (χ4n) is 6.31. The number of fused-ring (bicyclic) bond motifs is 3. The zero-order valence-electron chi connectivity index (χ0n) is 21.5. The van der Waals surface area contributed by atoms with Crippen molar-refractivity contribution in [2.24, 2.45) is 0 Å². The Hall–Kier alpha value is -2.54. The number of amides is 2. The Balaban J connectivity index is 1.48. The van der Waals surface area contributed by atoms with Crippen molar-refractivity contribution in [3.05, 3.63) is 30.0 Å². The second-order valence-electron chi connectivity index (χ2n) is 11.0. The van der Waals surface area contributed by atoms with Gasteiger partial charge in [-0.3, -0.25) is 14.5 Å². The van der Waals surface area contributed by atoms with Crippen LogP contribution < -0.4 is 10.1 Å². The number of nitrogens with one attached hydrogen (secondary N) is 1. The number of nitrogens with zero attached hydrogens (tertiary/aromatic N) is 3. The second kappa shape index (κ2) is 9.84. The first-order chi connectivity index (χ1) is 16.9. The standard InChI is InChI=1S/C28H40N4O3/c1-20-9-7-8-14-30(20)15-16-32-26(33)25-17-21-12-13-23(35-3)18-24(21)31(25)19-28(32,2)27(34)29-22-10-5-4-6-11-22/h12-13,17-18,20,22H,4-11,14-16,19H2,1-3H3,(H,29,34). The largest absolute Gasteiger partial charge is 0.497 e. The number of benzene rings is 1. The van der Waals surface area contributed by atoms with Crippen molar-refractivity contribution in [3.8, 4) is 5.75 Å². The van der Waals surface area contributed by atoms with Gasteiger partial charge < -0.3 is 19.5 Å². The molecule has 2 atom stereocenters. The molecule has 190 valence electrons. The second-order valence-corrected chi connectivity index (χ2v) is 11.0. The summed E-state index contributed by atoms with van der Waals surface area (Å²) >= 11 is 0. The lowest BCUT2D eigenvalue weighted by atomic mass is 9.91. The topological polar surface area (TPSA) is 66.8 Å². The highest BCUT2D eigenvalue weighted by Gasteiger charge is 2.48. The molecule has 1 aliphatic carbocycles. The van der Waals surface area contributed by atoms with E-state index in [4.69, 9.17) is 4.74 Å². The van der Waals surface area contributed by atoms with E-state index in [2.05, 4.69) is 17.1 Å². The van der Waals surface area contributed by atoms with Gasteiger partial charge in [0.25, 0.3) is 5.91 Å². The van der Waals surface area contributed by atoms with E-state index in [1.807, 2.05) is 40.7 Å². The fourth-order valence-corrected chi connectivity index (χ4v) is 6.31. The first-order valence-corrected chi connectivity index (χ1v) is 13.4. The molecule has 2 amide bonds. The summed E-state index contributed by atoms with van der Waals surface area (Å²) in [5.41, 5.74) is 0.645. The van der Waals surface area contributed by atoms with Crippen LogP contribution in [0.25, 0.3) is 10.9 Å². The van der Waals surface area contributed by atoms with Crippen LogP contribution in [-0.4, -0.2) is 70.5 Å². The van der Waals surface area contributed by atoms with Gasteiger partial charge in [0.1, 0.15) is 17.0 Å². The molecular formula is C28H40N4O3. The summed E-state index contributed by atoms with van der Waals surface area (Å²) in [6.07, 6.45) is 9.27. The van der Waals surface area contributed by atoms with Gasteiger partial charge in [-0.25, -0.2) is 0 Å². The predicted molar refractivity (Wildman–Crippen MR) is 138 cm³/mol. The number of carbonyl (C=O) groups is 2. The number of carbonyl (C=O) groups excluding carboxylic acids is 2. The Kier molecular flexibility index (Phi) is 6.80. The molecule has 2 unspecified atom stereocenters. The van der Waals surface area contributed by atoms with Gasteiger partial charge in [0.2, 0.25) is 5.91 Å². The molecule has 1 aromatic heterocycles. The van der Waals surface area contributed by atoms with Crippen LogP contribution in [0, 0.1) is 0 Å². The van der Waals surface area contributed by atoms with E-state index in [1.165, 1.54) is 25.7 Å². The molecular weight excluding hydrogens is 440 g/mol. The Labute approximate surface area is 208 Å². The van der Waals surface area contributed by atoms with E-state index in [-0.39, 0.29) is 17.9 Å². The zero-order valence-corrected chi connectivity index (χ0v) is 21.5. The zero-order chi connectivity index (χ0) is 24.6. The minimum atomic E-state index is -0.949. The molecule has 0 radical (unpaired) electrons. The molecule has 35 heavy (non-hydrogen) atoms. The Bertz CT molecular complexity index is 1090. The number of rotatable bonds is 6. The summed E-state index contributed by atoms with van der Waals surface area (Å²) in [5, 5.41) is 4.33. The van der Waals surface area contributed by atoms with Crippen LogP contribution in [0.5, 0.6) is 5.75 Å². The number of hydrogen-bond donors (Lipinski definition) is 1. The molecule has 1 saturated carbocycles. The maximum absolute atomic E-state index is 14.0. The molecule has 0 bridgehead atoms. The van der Waals surface area contributed by atoms with Gasteiger partial charge in [-0.2, -0.15) is 0 Å². The molecule has 7 nitrogen and oxygen atoms in total. The van der Waals surface area contributed by atoms with Crippen LogP contribution >= 0.6 is 0 Å². The highest BCUT2D eigenvalue weighted by Crippen LogP contribution is 2.34. The maximum Gasteiger partial charge on any atom is 0.271 e. The number of methoxy groups -OCH3 is 1. The summed E-state index contributed by atoms with van der Waals surface area (Å²) < 4.78 is 7.48. The molecule has 1 N–H and O–H groups in total. The van der Waals surface area contributed by atoms with Crippen LogP contribution in [0.3, 0.4) is 0 Å². The van der Waals surface area contributed by atoms with E-state index >= 15 is 0 Å². The Morgan fingerprint density at radius 2 is 1.86 bits per heavy atom. The molecule has 5 rings (SSSR count). The maximum atomic E-state index is 14.0. The quantitative estimate of drug-likeness (QED) is 0.673. The van der Waals surface area contributed by atoms with Crippen LogP contribution in [-0.2, 0) is 11.3 Å². The van der Waals surface area contributed by atoms with E-state index in [9.17, 15) is 9.59 Å². The number of ether oxygens (including phenoxy) is 1. The van der Waals surface area contributed by atoms with Gasteiger partial charge in [0.05, 0.1) is 19.2 Å². The Morgan fingerprint density at radius 3 is 2.60 bits per heavy atom. The van der Waals surface area contributed by atoms with Gasteiger partial charge in [-0.05, 0) is 64.3 Å². The smallest absolute Gasteiger partial charge is 0.271 e. The summed E-state index contributed by atoms with van der Waals surface area (Å²) in [5.74, 6) is 0.665. The van der Waals surface area contributed by atoms with Gasteiger partial charge >= 0.3 is 0 Å². The summed E-state index contributed by atoms with van der Waals surface area (Å²) in [7, 11) is 1.65. The number of piperidine rings is 1. The van der Waals surface area contributed by atoms with Gasteiger partial charge in [0, 0.05) is 36.6 Å². The minimum absolute atomic E-state index is 0.0279. The molecule has 3 aliphatic rings. The third kappa shape index (κ3) is 4.55. The van der Waals surface area contributed by atoms with Gasteiger partial charge in [0.15, 0.2) is 0 Å². The first kappa shape index (κ1) is 24.2. The molecule has 7 heteroatoms. The van der Waals surface area contributed by atoms with E-state index < -0.39 is 5.54 Å². The molecule has 0 spiro atoms. The van der Waals surface area contributed by atoms with Crippen LogP contribution in [0.1, 0.15) is 75.7 Å². The van der Waals surface area contributed by atoms with Crippen LogP contribution in [0.2, 0.25) is 0 Å². The van der Waals surface area contributed by atoms with E-state index in [1.54, 1.807) is 7.11 Å². The van der Waals surface area contributed by atoms with Crippen molar-refractivity contribution in [3.63, 3.8) is 0 Å². The molecule has 1 saturated heterocycles. The minimum Gasteiger partial charge on any atom is -0.497 e. The first-order valence-electron chi connectivity index (χ1n) is 13.4. The van der Waals surface area contributed by atoms with E-state index in [0.717, 1.165) is 55.4 Å². The van der Waals surface area contributed by atoms with Crippen molar-refractivity contribution in [1.82, 2.24) is 19.7 Å². The average molecular weight is 481 g/mol. The summed E-state index contributed by atoms with van der Waals surface area (Å²) in [6, 6.07) is 8.57. The highest BCUT2D eigenvalue weighted by molar-refractivity contribution is 6.03. The lowest BCUT2D eigenvalue weighted by molar-refractivity contribution is -0.134. The van der Waals surface area contributed by atoms with E-state index in [0.29, 0.717) is 24.8 Å². The fraction of sp³-hybridized carbons (Fsp3) is 0.643. The Morgan fingerprint density at radius 1 is 1.09 bits per heavy atom. The van der Waals surface area contributed by atoms with Crippen molar-refractivity contribution >= 4 is 22.7 Å².